The summed E-state index contributed by atoms with van der Waals surface area (Å²) in [5.74, 6) is -0.269. The Bertz CT molecular complexity index is 1280. The fourth-order valence-electron chi connectivity index (χ4n) is 3.91. The van der Waals surface area contributed by atoms with Crippen LogP contribution in [0.25, 0.3) is 5.70 Å². The summed E-state index contributed by atoms with van der Waals surface area (Å²) in [5.41, 5.74) is 3.00. The highest BCUT2D eigenvalue weighted by Gasteiger charge is 2.45. The van der Waals surface area contributed by atoms with Crippen molar-refractivity contribution in [2.45, 2.75) is 10.1 Å². The first-order valence-electron chi connectivity index (χ1n) is 8.72. The summed E-state index contributed by atoms with van der Waals surface area (Å²) < 4.78 is 27.4. The van der Waals surface area contributed by atoms with Crippen molar-refractivity contribution in [1.29, 1.82) is 0 Å². The van der Waals surface area contributed by atoms with Crippen LogP contribution in [0.1, 0.15) is 26.7 Å². The normalized spacial score (nSPS) is 19.3. The van der Waals surface area contributed by atoms with Crippen molar-refractivity contribution >= 4 is 38.6 Å². The Morgan fingerprint density at radius 1 is 0.821 bits per heavy atom. The number of anilines is 1. The third-order valence-electron chi connectivity index (χ3n) is 5.15. The summed E-state index contributed by atoms with van der Waals surface area (Å²) in [6.07, 6.45) is 0. The Kier molecular flexibility index (Phi) is 3.73. The maximum atomic E-state index is 13.7. The van der Waals surface area contributed by atoms with E-state index in [0.717, 1.165) is 0 Å². The Hall–Kier alpha value is -2.89. The first kappa shape index (κ1) is 17.2. The van der Waals surface area contributed by atoms with Gasteiger partial charge in [-0.1, -0.05) is 60.1 Å². The van der Waals surface area contributed by atoms with Gasteiger partial charge in [0.25, 0.3) is 0 Å². The molecule has 0 aromatic heterocycles. The average Bonchev–Trinajstić information content (AvgIpc) is 2.90. The van der Waals surface area contributed by atoms with Crippen molar-refractivity contribution in [3.05, 3.63) is 100 Å². The van der Waals surface area contributed by atoms with Crippen LogP contribution in [0.2, 0.25) is 5.02 Å². The molecule has 3 aromatic rings. The molecule has 4 nitrogen and oxygen atoms in total. The van der Waals surface area contributed by atoms with Crippen LogP contribution in [0.15, 0.2) is 83.3 Å². The number of hydrogen-bond acceptors (Lipinski definition) is 4. The van der Waals surface area contributed by atoms with Gasteiger partial charge in [-0.15, -0.1) is 0 Å². The molecule has 28 heavy (non-hydrogen) atoms. The molecule has 5 rings (SSSR count). The standard InChI is InChI=1S/C22H14ClNO3S/c23-14-11-9-13(10-12-14)22-19-20(15-5-1-2-6-16(15)21(19)25)24-17-7-3-4-8-18(17)28(22,26)27/h1-12,22,24H/t22-/m0/s1. The fourth-order valence-corrected chi connectivity index (χ4v) is 6.03. The number of fused-ring (bicyclic) bond motifs is 3. The molecule has 0 radical (unpaired) electrons. The summed E-state index contributed by atoms with van der Waals surface area (Å²) in [6.45, 7) is 0. The van der Waals surface area contributed by atoms with Crippen molar-refractivity contribution in [3.63, 3.8) is 0 Å². The molecule has 1 aliphatic heterocycles. The lowest BCUT2D eigenvalue weighted by Gasteiger charge is -2.18. The van der Waals surface area contributed by atoms with Gasteiger partial charge in [-0.25, -0.2) is 8.42 Å². The minimum absolute atomic E-state index is 0.176. The van der Waals surface area contributed by atoms with E-state index in [1.165, 1.54) is 0 Å². The predicted octanol–water partition coefficient (Wildman–Crippen LogP) is 4.89. The smallest absolute Gasteiger partial charge is 0.193 e. The zero-order valence-corrected chi connectivity index (χ0v) is 16.1. The number of ketones is 1. The van der Waals surface area contributed by atoms with E-state index in [1.807, 2.05) is 12.1 Å². The topological polar surface area (TPSA) is 63.2 Å². The highest BCUT2D eigenvalue weighted by molar-refractivity contribution is 7.92. The van der Waals surface area contributed by atoms with Crippen LogP contribution in [-0.4, -0.2) is 14.2 Å². The maximum Gasteiger partial charge on any atom is 0.193 e. The van der Waals surface area contributed by atoms with Gasteiger partial charge in [-0.2, -0.15) is 0 Å². The van der Waals surface area contributed by atoms with E-state index in [1.54, 1.807) is 60.7 Å². The zero-order valence-electron chi connectivity index (χ0n) is 14.5. The summed E-state index contributed by atoms with van der Waals surface area (Å²) in [5, 5.41) is 2.62. The largest absolute Gasteiger partial charge is 0.354 e. The number of rotatable bonds is 1. The van der Waals surface area contributed by atoms with Gasteiger partial charge in [0.1, 0.15) is 5.25 Å². The van der Waals surface area contributed by atoms with Crippen molar-refractivity contribution in [1.82, 2.24) is 0 Å². The van der Waals surface area contributed by atoms with Crippen molar-refractivity contribution in [2.24, 2.45) is 0 Å². The summed E-state index contributed by atoms with van der Waals surface area (Å²) in [6, 6.07) is 20.5. The van der Waals surface area contributed by atoms with E-state index in [0.29, 0.717) is 33.1 Å². The lowest BCUT2D eigenvalue weighted by molar-refractivity contribution is 0.103. The molecular formula is C22H14ClNO3S. The molecule has 0 saturated carbocycles. The summed E-state index contributed by atoms with van der Waals surface area (Å²) in [4.78, 5) is 13.5. The maximum absolute atomic E-state index is 13.7. The molecule has 138 valence electrons. The summed E-state index contributed by atoms with van der Waals surface area (Å²) >= 11 is 6.01. The molecule has 6 heteroatoms. The average molecular weight is 408 g/mol. The quantitative estimate of drug-likeness (QED) is 0.624. The second-order valence-electron chi connectivity index (χ2n) is 6.76. The van der Waals surface area contributed by atoms with Gasteiger partial charge in [0, 0.05) is 21.7 Å². The molecule has 1 atom stereocenters. The number of halogens is 1. The third kappa shape index (κ3) is 2.37. The van der Waals surface area contributed by atoms with E-state index < -0.39 is 15.1 Å². The second kappa shape index (κ2) is 6.06. The van der Waals surface area contributed by atoms with E-state index >= 15 is 0 Å². The molecule has 3 aromatic carbocycles. The molecular weight excluding hydrogens is 394 g/mol. The number of Topliss-reactive ketones (excluding diaryl/α,β-unsaturated/α-hetero) is 1. The van der Waals surface area contributed by atoms with E-state index in [4.69, 9.17) is 11.6 Å². The van der Waals surface area contributed by atoms with Crippen LogP contribution in [0.3, 0.4) is 0 Å². The van der Waals surface area contributed by atoms with Crippen molar-refractivity contribution in [2.75, 3.05) is 5.32 Å². The van der Waals surface area contributed by atoms with E-state index in [9.17, 15) is 13.2 Å². The minimum atomic E-state index is -3.87. The molecule has 0 amide bonds. The molecule has 0 spiro atoms. The predicted molar refractivity (Wildman–Crippen MR) is 109 cm³/mol. The summed E-state index contributed by atoms with van der Waals surface area (Å²) in [7, 11) is -3.87. The number of para-hydroxylation sites is 1. The third-order valence-corrected chi connectivity index (χ3v) is 7.50. The van der Waals surface area contributed by atoms with Gasteiger partial charge in [0.15, 0.2) is 15.6 Å². The minimum Gasteiger partial charge on any atom is -0.354 e. The first-order chi connectivity index (χ1) is 13.5. The second-order valence-corrected chi connectivity index (χ2v) is 9.20. The fraction of sp³-hybridized carbons (Fsp3) is 0.0455. The highest BCUT2D eigenvalue weighted by Crippen LogP contribution is 2.48. The molecule has 0 bridgehead atoms. The van der Waals surface area contributed by atoms with Gasteiger partial charge in [-0.3, -0.25) is 4.79 Å². The van der Waals surface area contributed by atoms with Gasteiger partial charge >= 0.3 is 0 Å². The van der Waals surface area contributed by atoms with E-state index in [-0.39, 0.29) is 16.3 Å². The number of carbonyl (C=O) groups is 1. The lowest BCUT2D eigenvalue weighted by Crippen LogP contribution is -2.19. The zero-order chi connectivity index (χ0) is 19.5. The van der Waals surface area contributed by atoms with Crippen LogP contribution < -0.4 is 5.32 Å². The van der Waals surface area contributed by atoms with Crippen molar-refractivity contribution in [3.8, 4) is 0 Å². The molecule has 0 fully saturated rings. The Morgan fingerprint density at radius 3 is 2.21 bits per heavy atom. The molecule has 1 N–H and O–H groups in total. The lowest BCUT2D eigenvalue weighted by atomic mass is 10.0. The monoisotopic (exact) mass is 407 g/mol. The van der Waals surface area contributed by atoms with Crippen molar-refractivity contribution < 1.29 is 13.2 Å². The number of hydrogen-bond donors (Lipinski definition) is 1. The Labute approximate surface area is 167 Å². The molecule has 1 aliphatic carbocycles. The van der Waals surface area contributed by atoms with Gasteiger partial charge in [0.2, 0.25) is 0 Å². The highest BCUT2D eigenvalue weighted by atomic mass is 35.5. The molecule has 2 aliphatic rings. The van der Waals surface area contributed by atoms with Crippen LogP contribution >= 0.6 is 11.6 Å². The van der Waals surface area contributed by atoms with Crippen LogP contribution in [0.4, 0.5) is 5.69 Å². The number of benzene rings is 3. The Balaban J connectivity index is 1.86. The number of carbonyl (C=O) groups excluding carboxylic acids is 1. The molecule has 0 saturated heterocycles. The van der Waals surface area contributed by atoms with Crippen LogP contribution in [0.5, 0.6) is 0 Å². The SMILES string of the molecule is O=C1C2=C(Nc3ccccc3S(=O)(=O)[C@H]2c2ccc(Cl)cc2)c2ccccc21. The van der Waals surface area contributed by atoms with Crippen LogP contribution in [0, 0.1) is 0 Å². The van der Waals surface area contributed by atoms with Crippen LogP contribution in [-0.2, 0) is 9.84 Å². The number of nitrogens with one attached hydrogen (secondary N) is 1. The first-order valence-corrected chi connectivity index (χ1v) is 10.6. The van der Waals surface area contributed by atoms with Gasteiger partial charge in [0.05, 0.1) is 16.3 Å². The van der Waals surface area contributed by atoms with E-state index in [2.05, 4.69) is 5.32 Å². The van der Waals surface area contributed by atoms with Gasteiger partial charge < -0.3 is 5.32 Å². The number of sulfone groups is 1. The van der Waals surface area contributed by atoms with Gasteiger partial charge in [-0.05, 0) is 29.8 Å². The Morgan fingerprint density at radius 2 is 1.46 bits per heavy atom. The molecule has 1 heterocycles. The molecule has 0 unspecified atom stereocenters.